The van der Waals surface area contributed by atoms with E-state index in [0.29, 0.717) is 12.8 Å². The number of carbonyl (C=O) groups is 1. The van der Waals surface area contributed by atoms with Crippen LogP contribution in [0.25, 0.3) is 0 Å². The topological polar surface area (TPSA) is 44.1 Å². The first-order chi connectivity index (χ1) is 8.69. The fourth-order valence-corrected chi connectivity index (χ4v) is 2.62. The van der Waals surface area contributed by atoms with Crippen molar-refractivity contribution >= 4 is 11.6 Å². The molecular weight excluding hydrogens is 224 g/mol. The van der Waals surface area contributed by atoms with Crippen LogP contribution in [0.5, 0.6) is 0 Å². The normalized spacial score (nSPS) is 17.8. The van der Waals surface area contributed by atoms with Gasteiger partial charge in [-0.15, -0.1) is 0 Å². The Balaban J connectivity index is 2.22. The molecule has 0 aliphatic heterocycles. The average Bonchev–Trinajstić information content (AvgIpc) is 2.47. The first kappa shape index (κ1) is 12.6. The summed E-state index contributed by atoms with van der Waals surface area (Å²) in [6, 6.07) is 11.8. The lowest BCUT2D eigenvalue weighted by Crippen LogP contribution is -2.42. The molecule has 1 aromatic rings. The summed E-state index contributed by atoms with van der Waals surface area (Å²) < 4.78 is 0. The minimum atomic E-state index is -0.803. The molecular formula is C15H18N2O. The second-order valence-corrected chi connectivity index (χ2v) is 4.95. The van der Waals surface area contributed by atoms with Crippen molar-refractivity contribution in [3.05, 3.63) is 30.3 Å². The van der Waals surface area contributed by atoms with E-state index in [9.17, 15) is 10.1 Å². The van der Waals surface area contributed by atoms with E-state index >= 15 is 0 Å². The van der Waals surface area contributed by atoms with Gasteiger partial charge in [-0.25, -0.2) is 0 Å². The number of para-hydroxylation sites is 1. The molecule has 1 aromatic carbocycles. The molecule has 3 heteroatoms. The van der Waals surface area contributed by atoms with Crippen molar-refractivity contribution < 1.29 is 4.79 Å². The number of anilines is 1. The zero-order valence-corrected chi connectivity index (χ0v) is 10.7. The fourth-order valence-electron chi connectivity index (χ4n) is 2.62. The predicted molar refractivity (Wildman–Crippen MR) is 71.0 cm³/mol. The van der Waals surface area contributed by atoms with Crippen molar-refractivity contribution in [2.24, 2.45) is 5.41 Å². The van der Waals surface area contributed by atoms with Crippen molar-refractivity contribution in [2.45, 2.75) is 32.1 Å². The molecule has 0 unspecified atom stereocenters. The Kier molecular flexibility index (Phi) is 3.66. The Bertz CT molecular complexity index is 455. The molecule has 1 saturated carbocycles. The van der Waals surface area contributed by atoms with Crippen LogP contribution in [0.1, 0.15) is 32.1 Å². The number of nitriles is 1. The molecule has 2 rings (SSSR count). The number of rotatable bonds is 2. The number of benzene rings is 1. The van der Waals surface area contributed by atoms with Crippen molar-refractivity contribution in [1.82, 2.24) is 0 Å². The SMILES string of the molecule is CN(C(=O)C1(C#N)CCCCC1)c1ccccc1. The van der Waals surface area contributed by atoms with Gasteiger partial charge in [-0.1, -0.05) is 37.5 Å². The molecule has 0 bridgehead atoms. The molecule has 0 spiro atoms. The molecule has 94 valence electrons. The lowest BCUT2D eigenvalue weighted by molar-refractivity contribution is -0.126. The van der Waals surface area contributed by atoms with Crippen molar-refractivity contribution in [3.8, 4) is 6.07 Å². The van der Waals surface area contributed by atoms with Gasteiger partial charge in [0.15, 0.2) is 0 Å². The number of nitrogens with zero attached hydrogens (tertiary/aromatic N) is 2. The molecule has 1 fully saturated rings. The highest BCUT2D eigenvalue weighted by Gasteiger charge is 2.41. The van der Waals surface area contributed by atoms with Gasteiger partial charge in [0.05, 0.1) is 6.07 Å². The summed E-state index contributed by atoms with van der Waals surface area (Å²) in [6.07, 6.45) is 4.47. The molecule has 0 atom stereocenters. The van der Waals surface area contributed by atoms with Crippen LogP contribution in [-0.2, 0) is 4.79 Å². The van der Waals surface area contributed by atoms with E-state index in [0.717, 1.165) is 24.9 Å². The summed E-state index contributed by atoms with van der Waals surface area (Å²) in [5.41, 5.74) is 0.0470. The summed E-state index contributed by atoms with van der Waals surface area (Å²) in [5, 5.41) is 9.41. The van der Waals surface area contributed by atoms with Crippen LogP contribution in [0.3, 0.4) is 0 Å². The van der Waals surface area contributed by atoms with Gasteiger partial charge in [0, 0.05) is 12.7 Å². The van der Waals surface area contributed by atoms with Crippen LogP contribution in [0.15, 0.2) is 30.3 Å². The zero-order chi connectivity index (χ0) is 13.0. The van der Waals surface area contributed by atoms with E-state index in [1.165, 1.54) is 0 Å². The first-order valence-electron chi connectivity index (χ1n) is 6.44. The third kappa shape index (κ3) is 2.24. The Morgan fingerprint density at radius 1 is 1.22 bits per heavy atom. The lowest BCUT2D eigenvalue weighted by atomic mass is 9.74. The van der Waals surface area contributed by atoms with Crippen LogP contribution in [0, 0.1) is 16.7 Å². The number of hydrogen-bond acceptors (Lipinski definition) is 2. The summed E-state index contributed by atoms with van der Waals surface area (Å²) in [7, 11) is 1.76. The molecule has 1 amide bonds. The van der Waals surface area contributed by atoms with E-state index in [1.807, 2.05) is 30.3 Å². The highest BCUT2D eigenvalue weighted by molar-refractivity contribution is 5.98. The monoisotopic (exact) mass is 242 g/mol. The summed E-state index contributed by atoms with van der Waals surface area (Å²) in [6.45, 7) is 0. The molecule has 18 heavy (non-hydrogen) atoms. The molecule has 3 nitrogen and oxygen atoms in total. The van der Waals surface area contributed by atoms with Crippen molar-refractivity contribution in [1.29, 1.82) is 5.26 Å². The molecule has 0 radical (unpaired) electrons. The third-order valence-corrected chi connectivity index (χ3v) is 3.78. The quantitative estimate of drug-likeness (QED) is 0.799. The van der Waals surface area contributed by atoms with E-state index < -0.39 is 5.41 Å². The predicted octanol–water partition coefficient (Wildman–Crippen LogP) is 3.12. The van der Waals surface area contributed by atoms with E-state index in [1.54, 1.807) is 11.9 Å². The number of carbonyl (C=O) groups excluding carboxylic acids is 1. The van der Waals surface area contributed by atoms with Crippen molar-refractivity contribution in [2.75, 3.05) is 11.9 Å². The maximum atomic E-state index is 12.6. The van der Waals surface area contributed by atoms with Gasteiger partial charge in [0.1, 0.15) is 5.41 Å². The minimum absolute atomic E-state index is 0.0594. The van der Waals surface area contributed by atoms with Gasteiger partial charge < -0.3 is 4.90 Å². The van der Waals surface area contributed by atoms with Crippen LogP contribution in [0.4, 0.5) is 5.69 Å². The average molecular weight is 242 g/mol. The zero-order valence-electron chi connectivity index (χ0n) is 10.7. The second-order valence-electron chi connectivity index (χ2n) is 4.95. The molecule has 0 aromatic heterocycles. The lowest BCUT2D eigenvalue weighted by Gasteiger charge is -2.33. The smallest absolute Gasteiger partial charge is 0.247 e. The van der Waals surface area contributed by atoms with Crippen LogP contribution >= 0.6 is 0 Å². The molecule has 1 aliphatic rings. The fraction of sp³-hybridized carbons (Fsp3) is 0.467. The van der Waals surface area contributed by atoms with Gasteiger partial charge >= 0.3 is 0 Å². The Hall–Kier alpha value is -1.82. The Morgan fingerprint density at radius 2 is 1.83 bits per heavy atom. The largest absolute Gasteiger partial charge is 0.314 e. The van der Waals surface area contributed by atoms with Crippen LogP contribution in [-0.4, -0.2) is 13.0 Å². The summed E-state index contributed by atoms with van der Waals surface area (Å²) in [5.74, 6) is -0.0594. The van der Waals surface area contributed by atoms with E-state index in [4.69, 9.17) is 0 Å². The summed E-state index contributed by atoms with van der Waals surface area (Å²) >= 11 is 0. The van der Waals surface area contributed by atoms with Gasteiger partial charge in [0.25, 0.3) is 0 Å². The van der Waals surface area contributed by atoms with Crippen LogP contribution < -0.4 is 4.90 Å². The van der Waals surface area contributed by atoms with E-state index in [2.05, 4.69) is 6.07 Å². The first-order valence-corrected chi connectivity index (χ1v) is 6.44. The van der Waals surface area contributed by atoms with Gasteiger partial charge in [-0.2, -0.15) is 5.26 Å². The van der Waals surface area contributed by atoms with E-state index in [-0.39, 0.29) is 5.91 Å². The molecule has 1 aliphatic carbocycles. The highest BCUT2D eigenvalue weighted by atomic mass is 16.2. The minimum Gasteiger partial charge on any atom is -0.314 e. The standard InChI is InChI=1S/C15H18N2O/c1-17(13-8-4-2-5-9-13)14(18)15(12-16)10-6-3-7-11-15/h2,4-5,8-9H,3,6-7,10-11H2,1H3. The number of hydrogen-bond donors (Lipinski definition) is 0. The maximum absolute atomic E-state index is 12.6. The summed E-state index contributed by atoms with van der Waals surface area (Å²) in [4.78, 5) is 14.2. The van der Waals surface area contributed by atoms with Gasteiger partial charge in [-0.3, -0.25) is 4.79 Å². The van der Waals surface area contributed by atoms with Gasteiger partial charge in [-0.05, 0) is 25.0 Å². The second kappa shape index (κ2) is 5.22. The van der Waals surface area contributed by atoms with Crippen molar-refractivity contribution in [3.63, 3.8) is 0 Å². The number of amides is 1. The molecule has 0 N–H and O–H groups in total. The molecule has 0 saturated heterocycles. The maximum Gasteiger partial charge on any atom is 0.247 e. The van der Waals surface area contributed by atoms with Gasteiger partial charge in [0.2, 0.25) is 5.91 Å². The highest BCUT2D eigenvalue weighted by Crippen LogP contribution is 2.38. The van der Waals surface area contributed by atoms with Crippen LogP contribution in [0.2, 0.25) is 0 Å². The third-order valence-electron chi connectivity index (χ3n) is 3.78. The molecule has 0 heterocycles. The Morgan fingerprint density at radius 3 is 2.39 bits per heavy atom. The Labute approximate surface area is 108 Å².